The van der Waals surface area contributed by atoms with Gasteiger partial charge in [-0.15, -0.1) is 0 Å². The summed E-state index contributed by atoms with van der Waals surface area (Å²) in [6.45, 7) is 0. The van der Waals surface area contributed by atoms with Gasteiger partial charge in [-0.1, -0.05) is 0 Å². The number of rotatable bonds is 0. The summed E-state index contributed by atoms with van der Waals surface area (Å²) >= 11 is 0. The predicted octanol–water partition coefficient (Wildman–Crippen LogP) is 0.258. The van der Waals surface area contributed by atoms with Crippen LogP contribution in [0.4, 0.5) is 0 Å². The molecule has 0 atom stereocenters. The molecule has 15 heavy (non-hydrogen) atoms. The average Bonchev–Trinajstić information content (AvgIpc) is 2.26. The van der Waals surface area contributed by atoms with Gasteiger partial charge in [-0.2, -0.15) is 0 Å². The Hall–Kier alpha value is -2.06. The smallest absolute Gasteiger partial charge is 0 e. The molecule has 9 heteroatoms. The van der Waals surface area contributed by atoms with Crippen molar-refractivity contribution in [2.24, 2.45) is 0 Å². The molecule has 0 fully saturated rings. The number of nitriles is 6. The SMILES string of the molecule is N.N#[C][Fe]([C]#N)([C]#N)([C]#N)([C]#N)[C]#N.[Cu]. The van der Waals surface area contributed by atoms with Crippen LogP contribution in [0.5, 0.6) is 0 Å². The van der Waals surface area contributed by atoms with E-state index in [1.807, 2.05) is 0 Å². The number of nitrogens with zero attached hydrogens (tertiary/aromatic N) is 6. The molecule has 0 saturated heterocycles. The molecule has 0 amide bonds. The Morgan fingerprint density at radius 3 is 0.667 bits per heavy atom. The van der Waals surface area contributed by atoms with E-state index < -0.39 is 10.7 Å². The zero-order valence-corrected chi connectivity index (χ0v) is 9.09. The fourth-order valence-electron chi connectivity index (χ4n) is 0.265. The molecule has 0 heterocycles. The van der Waals surface area contributed by atoms with Gasteiger partial charge in [-0.05, 0) is 0 Å². The summed E-state index contributed by atoms with van der Waals surface area (Å²) in [5, 5.41) is 51.5. The van der Waals surface area contributed by atoms with Crippen LogP contribution in [0.3, 0.4) is 0 Å². The summed E-state index contributed by atoms with van der Waals surface area (Å²) < 4.78 is 0. The van der Waals surface area contributed by atoms with E-state index >= 15 is 0 Å². The molecule has 0 aliphatic rings. The molecule has 0 aliphatic heterocycles. The minimum absolute atomic E-state index is 0. The zero-order valence-electron chi connectivity index (χ0n) is 7.05. The molecule has 0 aromatic heterocycles. The van der Waals surface area contributed by atoms with Crippen molar-refractivity contribution < 1.29 is 27.8 Å². The number of hydrogen-bond donors (Lipinski definition) is 1. The molecule has 0 aromatic carbocycles. The second-order valence-corrected chi connectivity index (χ2v) is 7.42. The maximum atomic E-state index is 8.58. The van der Waals surface area contributed by atoms with Crippen molar-refractivity contribution >= 4 is 0 Å². The first-order valence-electron chi connectivity index (χ1n) is 2.40. The van der Waals surface area contributed by atoms with Crippen molar-refractivity contribution in [3.63, 3.8) is 0 Å². The van der Waals surface area contributed by atoms with Gasteiger partial charge in [0.25, 0.3) is 0 Å². The fourth-order valence-corrected chi connectivity index (χ4v) is 1.09. The monoisotopic (exact) mass is 292 g/mol. The van der Waals surface area contributed by atoms with Gasteiger partial charge in [0.1, 0.15) is 0 Å². The van der Waals surface area contributed by atoms with Crippen molar-refractivity contribution in [3.8, 4) is 29.8 Å². The minimum atomic E-state index is -6.17. The summed E-state index contributed by atoms with van der Waals surface area (Å²) in [6.07, 6.45) is 0. The summed E-state index contributed by atoms with van der Waals surface area (Å²) in [5.41, 5.74) is 0. The molecule has 0 saturated carbocycles. The van der Waals surface area contributed by atoms with Crippen LogP contribution in [0.25, 0.3) is 0 Å². The molecule has 0 aromatic rings. The molecule has 0 aliphatic carbocycles. The van der Waals surface area contributed by atoms with Crippen molar-refractivity contribution in [3.05, 3.63) is 0 Å². The van der Waals surface area contributed by atoms with E-state index in [1.54, 1.807) is 0 Å². The van der Waals surface area contributed by atoms with Gasteiger partial charge in [0.2, 0.25) is 0 Å². The van der Waals surface area contributed by atoms with E-state index in [-0.39, 0.29) is 23.2 Å². The van der Waals surface area contributed by atoms with Gasteiger partial charge in [-0.3, -0.25) is 0 Å². The average molecular weight is 293 g/mol. The van der Waals surface area contributed by atoms with E-state index in [0.29, 0.717) is 0 Å². The summed E-state index contributed by atoms with van der Waals surface area (Å²) in [5.74, 6) is 0. The van der Waals surface area contributed by atoms with Crippen LogP contribution in [0.15, 0.2) is 0 Å². The Morgan fingerprint density at radius 1 is 0.533 bits per heavy atom. The first kappa shape index (κ1) is 18.7. The molecule has 81 valence electrons. The Kier molecular flexibility index (Phi) is 4.96. The van der Waals surface area contributed by atoms with Crippen LogP contribution in [0.2, 0.25) is 0 Å². The summed E-state index contributed by atoms with van der Waals surface area (Å²) in [6, 6.07) is 0. The summed E-state index contributed by atoms with van der Waals surface area (Å²) in [4.78, 5) is 6.19. The minimum Gasteiger partial charge on any atom is 0 e. The molecule has 0 bridgehead atoms. The molecule has 0 spiro atoms. The van der Waals surface area contributed by atoms with E-state index in [4.69, 9.17) is 31.6 Å². The quantitative estimate of drug-likeness (QED) is 0.621. The molecule has 7 nitrogen and oxygen atoms in total. The van der Waals surface area contributed by atoms with Crippen LogP contribution >= 0.6 is 0 Å². The summed E-state index contributed by atoms with van der Waals surface area (Å²) in [7, 11) is -6.17. The maximum absolute atomic E-state index is 8.58. The van der Waals surface area contributed by atoms with E-state index in [9.17, 15) is 0 Å². The Labute approximate surface area is 95.3 Å². The van der Waals surface area contributed by atoms with Gasteiger partial charge in [0, 0.05) is 17.1 Å². The standard InChI is InChI=1S/6CN.Cu.Fe.H3N/c6*1-2;;;/h;;;;;;;;1H3. The largest absolute Gasteiger partial charge is 0 e. The molecule has 1 radical (unpaired) electrons. The second kappa shape index (κ2) is 3.98. The normalized spacial score (nSPS) is 11.6. The van der Waals surface area contributed by atoms with Crippen molar-refractivity contribution in [2.75, 3.05) is 0 Å². The Morgan fingerprint density at radius 2 is 0.667 bits per heavy atom. The van der Waals surface area contributed by atoms with Gasteiger partial charge in [0.05, 0.1) is 0 Å². The second-order valence-electron chi connectivity index (χ2n) is 1.80. The van der Waals surface area contributed by atoms with Crippen molar-refractivity contribution in [1.82, 2.24) is 6.15 Å². The van der Waals surface area contributed by atoms with Gasteiger partial charge < -0.3 is 6.15 Å². The van der Waals surface area contributed by atoms with Crippen LogP contribution in [0, 0.1) is 61.4 Å². The first-order valence-corrected chi connectivity index (χ1v) is 5.71. The zero-order chi connectivity index (χ0) is 10.7. The maximum Gasteiger partial charge on any atom is 0 e. The third-order valence-corrected chi connectivity index (χ3v) is 4.89. The van der Waals surface area contributed by atoms with Gasteiger partial charge in [-0.25, -0.2) is 0 Å². The van der Waals surface area contributed by atoms with Crippen molar-refractivity contribution in [1.29, 1.82) is 31.6 Å². The van der Waals surface area contributed by atoms with Crippen LogP contribution in [-0.2, 0) is 27.8 Å². The van der Waals surface area contributed by atoms with Crippen LogP contribution in [-0.4, -0.2) is 0 Å². The molecular formula is C6H3CuFeN7. The van der Waals surface area contributed by atoms with Crippen LogP contribution in [0.1, 0.15) is 0 Å². The molecule has 0 rings (SSSR count). The van der Waals surface area contributed by atoms with Crippen molar-refractivity contribution in [2.45, 2.75) is 0 Å². The Balaban J connectivity index is -0.000000720. The molecule has 0 unspecified atom stereocenters. The first-order chi connectivity index (χ1) is 5.97. The van der Waals surface area contributed by atoms with E-state index in [2.05, 4.69) is 0 Å². The molecule has 3 N–H and O–H groups in total. The van der Waals surface area contributed by atoms with Gasteiger partial charge in [0.15, 0.2) is 0 Å². The molecular weight excluding hydrogens is 290 g/mol. The van der Waals surface area contributed by atoms with E-state index in [1.165, 1.54) is 0 Å². The number of hydrogen-bond acceptors (Lipinski definition) is 7. The Bertz CT molecular complexity index is 393. The topological polar surface area (TPSA) is 178 Å². The fraction of sp³-hybridized carbons (Fsp3) is 0. The third-order valence-electron chi connectivity index (χ3n) is 1.19. The van der Waals surface area contributed by atoms with Crippen LogP contribution < -0.4 is 6.15 Å². The predicted molar refractivity (Wildman–Crippen MR) is 38.7 cm³/mol. The third kappa shape index (κ3) is 1.51. The van der Waals surface area contributed by atoms with Gasteiger partial charge >= 0.3 is 72.1 Å². The van der Waals surface area contributed by atoms with E-state index in [0.717, 1.165) is 29.8 Å².